The smallest absolute Gasteiger partial charge is 0.170 e. The number of likely N-dealkylation sites (N-methyl/N-ethyl adjacent to an activating group) is 1. The Bertz CT molecular complexity index is 493. The number of anilines is 1. The first kappa shape index (κ1) is 13.6. The van der Waals surface area contributed by atoms with Crippen LogP contribution in [0.1, 0.15) is 18.9 Å². The van der Waals surface area contributed by atoms with Crippen molar-refractivity contribution in [1.82, 2.24) is 0 Å². The summed E-state index contributed by atoms with van der Waals surface area (Å²) >= 11 is 0. The van der Waals surface area contributed by atoms with Crippen LogP contribution in [-0.2, 0) is 4.74 Å². The molecule has 3 N–H and O–H groups in total. The Morgan fingerprint density at radius 1 is 1.58 bits per heavy atom. The average molecular weight is 267 g/mol. The molecule has 2 rings (SSSR count). The molecule has 1 aliphatic heterocycles. The molecule has 2 atom stereocenters. The van der Waals surface area contributed by atoms with Crippen LogP contribution in [0.15, 0.2) is 23.4 Å². The topological polar surface area (TPSA) is 71.1 Å². The summed E-state index contributed by atoms with van der Waals surface area (Å²) in [5.74, 6) is -0.503. The van der Waals surface area contributed by atoms with Gasteiger partial charge in [0, 0.05) is 19.2 Å². The molecule has 1 heterocycles. The lowest BCUT2D eigenvalue weighted by Crippen LogP contribution is -2.37. The fourth-order valence-electron chi connectivity index (χ4n) is 2.42. The van der Waals surface area contributed by atoms with E-state index in [0.29, 0.717) is 17.9 Å². The van der Waals surface area contributed by atoms with Crippen molar-refractivity contribution in [3.63, 3.8) is 0 Å². The minimum Gasteiger partial charge on any atom is -0.409 e. The van der Waals surface area contributed by atoms with Gasteiger partial charge < -0.3 is 20.6 Å². The quantitative estimate of drug-likeness (QED) is 0.377. The maximum Gasteiger partial charge on any atom is 0.170 e. The predicted molar refractivity (Wildman–Crippen MR) is 71.1 cm³/mol. The third-order valence-electron chi connectivity index (χ3n) is 3.56. The van der Waals surface area contributed by atoms with Gasteiger partial charge in [-0.1, -0.05) is 5.16 Å². The second-order valence-corrected chi connectivity index (χ2v) is 4.69. The highest BCUT2D eigenvalue weighted by molar-refractivity contribution is 5.97. The van der Waals surface area contributed by atoms with Gasteiger partial charge in [-0.3, -0.25) is 0 Å². The first-order valence-electron chi connectivity index (χ1n) is 6.16. The highest BCUT2D eigenvalue weighted by Gasteiger charge is 2.29. The zero-order valence-electron chi connectivity index (χ0n) is 11.0. The van der Waals surface area contributed by atoms with Crippen LogP contribution in [0.4, 0.5) is 10.1 Å². The summed E-state index contributed by atoms with van der Waals surface area (Å²) in [7, 11) is 1.84. The molecular formula is C13H18FN3O2. The maximum atomic E-state index is 14.1. The summed E-state index contributed by atoms with van der Waals surface area (Å²) in [4.78, 5) is 1.88. The van der Waals surface area contributed by atoms with E-state index in [0.717, 1.165) is 6.42 Å². The Morgan fingerprint density at radius 3 is 2.84 bits per heavy atom. The fourth-order valence-corrected chi connectivity index (χ4v) is 2.42. The number of amidine groups is 1. The zero-order chi connectivity index (χ0) is 14.0. The second kappa shape index (κ2) is 5.44. The van der Waals surface area contributed by atoms with E-state index in [9.17, 15) is 4.39 Å². The molecular weight excluding hydrogens is 249 g/mol. The molecule has 5 nitrogen and oxygen atoms in total. The van der Waals surface area contributed by atoms with E-state index in [1.807, 2.05) is 18.9 Å². The standard InChI is InChI=1S/C13H18FN3O2/c1-8-11(5-6-19-8)17(2)12-4-3-9(7-10(12)14)13(15)16-18/h3-4,7-8,11,18H,5-6H2,1-2H3,(H2,15,16). The lowest BCUT2D eigenvalue weighted by atomic mass is 10.1. The van der Waals surface area contributed by atoms with Gasteiger partial charge in [-0.15, -0.1) is 0 Å². The molecule has 0 radical (unpaired) electrons. The molecule has 1 aromatic carbocycles. The van der Waals surface area contributed by atoms with E-state index in [1.54, 1.807) is 12.1 Å². The van der Waals surface area contributed by atoms with Gasteiger partial charge in [0.2, 0.25) is 0 Å². The lowest BCUT2D eigenvalue weighted by Gasteiger charge is -2.29. The van der Waals surface area contributed by atoms with Gasteiger partial charge in [0.25, 0.3) is 0 Å². The van der Waals surface area contributed by atoms with Crippen LogP contribution in [0.2, 0.25) is 0 Å². The highest BCUT2D eigenvalue weighted by atomic mass is 19.1. The summed E-state index contributed by atoms with van der Waals surface area (Å²) < 4.78 is 19.6. The molecule has 6 heteroatoms. The zero-order valence-corrected chi connectivity index (χ0v) is 11.0. The van der Waals surface area contributed by atoms with Crippen molar-refractivity contribution in [2.75, 3.05) is 18.6 Å². The van der Waals surface area contributed by atoms with Gasteiger partial charge in [-0.05, 0) is 31.5 Å². The van der Waals surface area contributed by atoms with Crippen LogP contribution in [0.3, 0.4) is 0 Å². The fraction of sp³-hybridized carbons (Fsp3) is 0.462. The number of ether oxygens (including phenoxy) is 1. The first-order valence-corrected chi connectivity index (χ1v) is 6.16. The van der Waals surface area contributed by atoms with Gasteiger partial charge in [0.1, 0.15) is 5.82 Å². The monoisotopic (exact) mass is 267 g/mol. The molecule has 1 saturated heterocycles. The Labute approximate surface area is 111 Å². The van der Waals surface area contributed by atoms with Gasteiger partial charge in [0.15, 0.2) is 5.84 Å². The van der Waals surface area contributed by atoms with E-state index >= 15 is 0 Å². The number of benzene rings is 1. The van der Waals surface area contributed by atoms with Gasteiger partial charge in [-0.25, -0.2) is 4.39 Å². The predicted octanol–water partition coefficient (Wildman–Crippen LogP) is 1.53. The molecule has 0 amide bonds. The number of hydrogen-bond acceptors (Lipinski definition) is 4. The number of hydrogen-bond donors (Lipinski definition) is 2. The summed E-state index contributed by atoms with van der Waals surface area (Å²) in [6, 6.07) is 4.68. The van der Waals surface area contributed by atoms with Crippen molar-refractivity contribution in [3.8, 4) is 0 Å². The number of rotatable bonds is 3. The SMILES string of the molecule is CC1OCCC1N(C)c1ccc(/C(N)=N/O)cc1F. The van der Waals surface area contributed by atoms with Crippen LogP contribution in [0.25, 0.3) is 0 Å². The number of halogens is 1. The third kappa shape index (κ3) is 2.63. The van der Waals surface area contributed by atoms with Crippen LogP contribution >= 0.6 is 0 Å². The van der Waals surface area contributed by atoms with Gasteiger partial charge in [-0.2, -0.15) is 0 Å². The Kier molecular flexibility index (Phi) is 3.90. The van der Waals surface area contributed by atoms with Crippen LogP contribution in [-0.4, -0.2) is 36.8 Å². The Hall–Kier alpha value is -1.82. The molecule has 0 spiro atoms. The van der Waals surface area contributed by atoms with Gasteiger partial charge >= 0.3 is 0 Å². The largest absolute Gasteiger partial charge is 0.409 e. The normalized spacial score (nSPS) is 23.6. The van der Waals surface area contributed by atoms with Crippen LogP contribution < -0.4 is 10.6 Å². The highest BCUT2D eigenvalue weighted by Crippen LogP contribution is 2.27. The van der Waals surface area contributed by atoms with E-state index < -0.39 is 5.82 Å². The Balaban J connectivity index is 2.25. The number of nitrogens with two attached hydrogens (primary N) is 1. The van der Waals surface area contributed by atoms with Crippen molar-refractivity contribution in [2.45, 2.75) is 25.5 Å². The van der Waals surface area contributed by atoms with Gasteiger partial charge in [0.05, 0.1) is 17.8 Å². The van der Waals surface area contributed by atoms with Crippen LogP contribution in [0.5, 0.6) is 0 Å². The lowest BCUT2D eigenvalue weighted by molar-refractivity contribution is 0.118. The number of oxime groups is 1. The molecule has 104 valence electrons. The maximum absolute atomic E-state index is 14.1. The molecule has 0 aliphatic carbocycles. The molecule has 1 aromatic rings. The second-order valence-electron chi connectivity index (χ2n) is 4.69. The first-order chi connectivity index (χ1) is 9.04. The van der Waals surface area contributed by atoms with Crippen LogP contribution in [0, 0.1) is 5.82 Å². The summed E-state index contributed by atoms with van der Waals surface area (Å²) in [5.41, 5.74) is 6.27. The molecule has 1 aliphatic rings. The molecule has 2 unspecified atom stereocenters. The van der Waals surface area contributed by atoms with Crippen molar-refractivity contribution >= 4 is 11.5 Å². The molecule has 0 aromatic heterocycles. The minimum atomic E-state index is -0.397. The molecule has 19 heavy (non-hydrogen) atoms. The van der Waals surface area contributed by atoms with E-state index in [2.05, 4.69) is 5.16 Å². The number of nitrogens with zero attached hydrogens (tertiary/aromatic N) is 2. The molecule has 0 saturated carbocycles. The summed E-state index contributed by atoms with van der Waals surface area (Å²) in [6.45, 7) is 2.68. The average Bonchev–Trinajstić information content (AvgIpc) is 2.83. The minimum absolute atomic E-state index is 0.0770. The van der Waals surface area contributed by atoms with Crippen molar-refractivity contribution in [2.24, 2.45) is 10.9 Å². The van der Waals surface area contributed by atoms with E-state index in [1.165, 1.54) is 6.07 Å². The Morgan fingerprint density at radius 2 is 2.32 bits per heavy atom. The van der Waals surface area contributed by atoms with E-state index in [4.69, 9.17) is 15.7 Å². The third-order valence-corrected chi connectivity index (χ3v) is 3.56. The van der Waals surface area contributed by atoms with E-state index in [-0.39, 0.29) is 18.0 Å². The molecule has 1 fully saturated rings. The van der Waals surface area contributed by atoms with Crippen molar-refractivity contribution < 1.29 is 14.3 Å². The summed E-state index contributed by atoms with van der Waals surface area (Å²) in [5, 5.41) is 11.4. The van der Waals surface area contributed by atoms with Crippen molar-refractivity contribution in [3.05, 3.63) is 29.6 Å². The molecule has 0 bridgehead atoms. The van der Waals surface area contributed by atoms with Crippen molar-refractivity contribution in [1.29, 1.82) is 0 Å². The summed E-state index contributed by atoms with van der Waals surface area (Å²) in [6.07, 6.45) is 0.951.